The van der Waals surface area contributed by atoms with Gasteiger partial charge >= 0.3 is 0 Å². The summed E-state index contributed by atoms with van der Waals surface area (Å²) >= 11 is 5.89. The van der Waals surface area contributed by atoms with Crippen LogP contribution in [0.4, 0.5) is 0 Å². The third-order valence-electron chi connectivity index (χ3n) is 3.19. The summed E-state index contributed by atoms with van der Waals surface area (Å²) in [7, 11) is 0. The van der Waals surface area contributed by atoms with Gasteiger partial charge in [0.2, 0.25) is 0 Å². The van der Waals surface area contributed by atoms with Gasteiger partial charge in [-0.15, -0.1) is 11.6 Å². The Morgan fingerprint density at radius 2 is 1.92 bits per heavy atom. The van der Waals surface area contributed by atoms with Gasteiger partial charge in [0.15, 0.2) is 0 Å². The first-order valence-corrected chi connectivity index (χ1v) is 5.96. The molecule has 12 heavy (non-hydrogen) atoms. The maximum absolute atomic E-state index is 5.89. The van der Waals surface area contributed by atoms with E-state index in [0.717, 1.165) is 17.7 Å². The Labute approximate surface area is 81.7 Å². The van der Waals surface area contributed by atoms with Crippen LogP contribution in [0.1, 0.15) is 51.9 Å². The standard InChI is InChI=1S/C11H21Cl/c1-2-10(9-12)8-11-6-4-3-5-7-11/h10-11H,2-9H2,1H3. The molecule has 1 unspecified atom stereocenters. The molecule has 72 valence electrons. The van der Waals surface area contributed by atoms with Crippen molar-refractivity contribution in [1.82, 2.24) is 0 Å². The lowest BCUT2D eigenvalue weighted by Gasteiger charge is -2.24. The van der Waals surface area contributed by atoms with Gasteiger partial charge in [0.1, 0.15) is 0 Å². The minimum Gasteiger partial charge on any atom is -0.126 e. The van der Waals surface area contributed by atoms with E-state index in [1.807, 2.05) is 0 Å². The SMILES string of the molecule is CCC(CCl)CC1CCCCC1. The second-order valence-electron chi connectivity index (χ2n) is 4.17. The lowest BCUT2D eigenvalue weighted by molar-refractivity contribution is 0.294. The van der Waals surface area contributed by atoms with Crippen LogP contribution in [0.5, 0.6) is 0 Å². The molecule has 0 spiro atoms. The van der Waals surface area contributed by atoms with Crippen molar-refractivity contribution >= 4 is 11.6 Å². The maximum atomic E-state index is 5.89. The minimum absolute atomic E-state index is 0.787. The number of hydrogen-bond acceptors (Lipinski definition) is 0. The van der Waals surface area contributed by atoms with Crippen molar-refractivity contribution < 1.29 is 0 Å². The molecule has 0 N–H and O–H groups in total. The molecule has 0 aromatic heterocycles. The lowest BCUT2D eigenvalue weighted by atomic mass is 9.82. The van der Waals surface area contributed by atoms with Gasteiger partial charge in [-0.3, -0.25) is 0 Å². The molecule has 1 rings (SSSR count). The average Bonchev–Trinajstić information content (AvgIpc) is 2.16. The van der Waals surface area contributed by atoms with E-state index in [1.54, 1.807) is 0 Å². The Kier molecular flexibility index (Phi) is 5.06. The van der Waals surface area contributed by atoms with Gasteiger partial charge in [-0.25, -0.2) is 0 Å². The highest BCUT2D eigenvalue weighted by atomic mass is 35.5. The fourth-order valence-corrected chi connectivity index (χ4v) is 2.58. The van der Waals surface area contributed by atoms with Crippen molar-refractivity contribution in [2.45, 2.75) is 51.9 Å². The van der Waals surface area contributed by atoms with Gasteiger partial charge in [0.05, 0.1) is 0 Å². The van der Waals surface area contributed by atoms with E-state index in [1.165, 1.54) is 44.9 Å². The average molecular weight is 189 g/mol. The van der Waals surface area contributed by atoms with Gasteiger partial charge in [0.25, 0.3) is 0 Å². The Morgan fingerprint density at radius 3 is 2.42 bits per heavy atom. The third-order valence-corrected chi connectivity index (χ3v) is 3.62. The molecule has 0 aromatic carbocycles. The van der Waals surface area contributed by atoms with E-state index in [-0.39, 0.29) is 0 Å². The fourth-order valence-electron chi connectivity index (χ4n) is 2.23. The molecule has 0 radical (unpaired) electrons. The molecule has 0 nitrogen and oxygen atoms in total. The summed E-state index contributed by atoms with van der Waals surface area (Å²) in [4.78, 5) is 0. The molecule has 1 aliphatic carbocycles. The minimum atomic E-state index is 0.787. The van der Waals surface area contributed by atoms with Crippen LogP contribution >= 0.6 is 11.6 Å². The summed E-state index contributed by atoms with van der Waals surface area (Å²) in [5.74, 6) is 2.66. The Hall–Kier alpha value is 0.290. The summed E-state index contributed by atoms with van der Waals surface area (Å²) < 4.78 is 0. The molecule has 1 aliphatic rings. The summed E-state index contributed by atoms with van der Waals surface area (Å²) in [6.07, 6.45) is 9.97. The second kappa shape index (κ2) is 5.85. The van der Waals surface area contributed by atoms with Crippen molar-refractivity contribution in [1.29, 1.82) is 0 Å². The first kappa shape index (κ1) is 10.4. The molecule has 0 aliphatic heterocycles. The topological polar surface area (TPSA) is 0 Å². The Bertz CT molecular complexity index is 102. The van der Waals surface area contributed by atoms with Crippen molar-refractivity contribution in [3.05, 3.63) is 0 Å². The predicted octanol–water partition coefficient (Wildman–Crippen LogP) is 4.22. The lowest BCUT2D eigenvalue weighted by Crippen LogP contribution is -2.12. The zero-order chi connectivity index (χ0) is 8.81. The van der Waals surface area contributed by atoms with Crippen LogP contribution in [0.2, 0.25) is 0 Å². The molecule has 1 saturated carbocycles. The molecule has 0 heterocycles. The van der Waals surface area contributed by atoms with E-state index < -0.39 is 0 Å². The molecule has 1 heteroatoms. The van der Waals surface area contributed by atoms with Crippen molar-refractivity contribution in [2.24, 2.45) is 11.8 Å². The molecule has 1 fully saturated rings. The molecule has 0 aromatic rings. The number of halogens is 1. The quantitative estimate of drug-likeness (QED) is 0.580. The zero-order valence-corrected chi connectivity index (χ0v) is 8.95. The van der Waals surface area contributed by atoms with Crippen LogP contribution in [-0.2, 0) is 0 Å². The van der Waals surface area contributed by atoms with Crippen LogP contribution in [0, 0.1) is 11.8 Å². The van der Waals surface area contributed by atoms with E-state index in [2.05, 4.69) is 6.92 Å². The highest BCUT2D eigenvalue weighted by molar-refractivity contribution is 6.18. The normalized spacial score (nSPS) is 22.5. The number of rotatable bonds is 4. The van der Waals surface area contributed by atoms with Gasteiger partial charge < -0.3 is 0 Å². The van der Waals surface area contributed by atoms with E-state index in [4.69, 9.17) is 11.6 Å². The molecule has 0 amide bonds. The van der Waals surface area contributed by atoms with Crippen molar-refractivity contribution in [3.8, 4) is 0 Å². The van der Waals surface area contributed by atoms with E-state index in [0.29, 0.717) is 0 Å². The number of alkyl halides is 1. The largest absolute Gasteiger partial charge is 0.126 e. The third kappa shape index (κ3) is 3.35. The highest BCUT2D eigenvalue weighted by Crippen LogP contribution is 2.30. The maximum Gasteiger partial charge on any atom is 0.0251 e. The highest BCUT2D eigenvalue weighted by Gasteiger charge is 2.16. The Morgan fingerprint density at radius 1 is 1.25 bits per heavy atom. The fraction of sp³-hybridized carbons (Fsp3) is 1.00. The van der Waals surface area contributed by atoms with E-state index in [9.17, 15) is 0 Å². The summed E-state index contributed by atoms with van der Waals surface area (Å²) in [5, 5.41) is 0. The van der Waals surface area contributed by atoms with Crippen molar-refractivity contribution in [2.75, 3.05) is 5.88 Å². The number of hydrogen-bond donors (Lipinski definition) is 0. The molecule has 0 saturated heterocycles. The molecular weight excluding hydrogens is 168 g/mol. The van der Waals surface area contributed by atoms with Crippen LogP contribution < -0.4 is 0 Å². The first-order valence-electron chi connectivity index (χ1n) is 5.42. The predicted molar refractivity (Wildman–Crippen MR) is 55.7 cm³/mol. The van der Waals surface area contributed by atoms with Gasteiger partial charge in [0, 0.05) is 5.88 Å². The van der Waals surface area contributed by atoms with Crippen LogP contribution in [0.3, 0.4) is 0 Å². The summed E-state index contributed by atoms with van der Waals surface area (Å²) in [6.45, 7) is 2.26. The van der Waals surface area contributed by atoms with Gasteiger partial charge in [-0.2, -0.15) is 0 Å². The van der Waals surface area contributed by atoms with Crippen LogP contribution in [-0.4, -0.2) is 5.88 Å². The smallest absolute Gasteiger partial charge is 0.0251 e. The van der Waals surface area contributed by atoms with Crippen LogP contribution in [0.15, 0.2) is 0 Å². The van der Waals surface area contributed by atoms with Gasteiger partial charge in [-0.05, 0) is 18.3 Å². The molecular formula is C11H21Cl. The van der Waals surface area contributed by atoms with Crippen LogP contribution in [0.25, 0.3) is 0 Å². The zero-order valence-electron chi connectivity index (χ0n) is 8.19. The molecule has 1 atom stereocenters. The second-order valence-corrected chi connectivity index (χ2v) is 4.48. The molecule has 0 bridgehead atoms. The van der Waals surface area contributed by atoms with Gasteiger partial charge in [-0.1, -0.05) is 45.4 Å². The monoisotopic (exact) mass is 188 g/mol. The van der Waals surface area contributed by atoms with Crippen molar-refractivity contribution in [3.63, 3.8) is 0 Å². The van der Waals surface area contributed by atoms with E-state index >= 15 is 0 Å². The summed E-state index contributed by atoms with van der Waals surface area (Å²) in [5.41, 5.74) is 0. The Balaban J connectivity index is 2.18. The summed E-state index contributed by atoms with van der Waals surface area (Å²) in [6, 6.07) is 0. The first-order chi connectivity index (χ1) is 5.86.